The Morgan fingerprint density at radius 1 is 1.14 bits per heavy atom. The first-order chi connectivity index (χ1) is 10.1. The highest BCUT2D eigenvalue weighted by Gasteiger charge is 2.05. The molecule has 1 aromatic carbocycles. The van der Waals surface area contributed by atoms with Crippen LogP contribution in [0.5, 0.6) is 5.75 Å². The summed E-state index contributed by atoms with van der Waals surface area (Å²) in [7, 11) is 0. The summed E-state index contributed by atoms with van der Waals surface area (Å²) in [6.07, 6.45) is 3.97. The van der Waals surface area contributed by atoms with Crippen LogP contribution < -0.4 is 10.1 Å². The lowest BCUT2D eigenvalue weighted by Gasteiger charge is -2.14. The van der Waals surface area contributed by atoms with Crippen LogP contribution >= 0.6 is 0 Å². The zero-order chi connectivity index (χ0) is 15.1. The Kier molecular flexibility index (Phi) is 5.88. The standard InChI is InChI=1S/C18H25NO2/c1-14(2)21-18-7-4-6-16(12-18)13-19-15(3)9-10-17-8-5-11-20-17/h4-8,11-12,14-15,19H,9-10,13H2,1-3H3. The van der Waals surface area contributed by atoms with Crippen LogP contribution in [-0.2, 0) is 13.0 Å². The van der Waals surface area contributed by atoms with Gasteiger partial charge in [-0.25, -0.2) is 0 Å². The molecule has 21 heavy (non-hydrogen) atoms. The Labute approximate surface area is 127 Å². The third kappa shape index (κ3) is 5.64. The van der Waals surface area contributed by atoms with Gasteiger partial charge in [0.2, 0.25) is 0 Å². The lowest BCUT2D eigenvalue weighted by Crippen LogP contribution is -2.25. The fourth-order valence-electron chi connectivity index (χ4n) is 2.21. The van der Waals surface area contributed by atoms with Gasteiger partial charge < -0.3 is 14.5 Å². The van der Waals surface area contributed by atoms with Crippen molar-refractivity contribution in [2.75, 3.05) is 0 Å². The molecule has 0 aliphatic rings. The van der Waals surface area contributed by atoms with Gasteiger partial charge in [0, 0.05) is 19.0 Å². The molecule has 3 heteroatoms. The Balaban J connectivity index is 1.76. The minimum atomic E-state index is 0.209. The number of nitrogens with one attached hydrogen (secondary N) is 1. The monoisotopic (exact) mass is 287 g/mol. The maximum absolute atomic E-state index is 5.72. The molecule has 1 unspecified atom stereocenters. The molecule has 114 valence electrons. The molecular weight excluding hydrogens is 262 g/mol. The second kappa shape index (κ2) is 7.89. The van der Waals surface area contributed by atoms with E-state index in [9.17, 15) is 0 Å². The van der Waals surface area contributed by atoms with Crippen molar-refractivity contribution in [1.82, 2.24) is 5.32 Å². The zero-order valence-corrected chi connectivity index (χ0v) is 13.1. The van der Waals surface area contributed by atoms with Crippen molar-refractivity contribution in [2.45, 2.75) is 52.3 Å². The van der Waals surface area contributed by atoms with E-state index >= 15 is 0 Å². The minimum absolute atomic E-state index is 0.209. The van der Waals surface area contributed by atoms with E-state index in [1.807, 2.05) is 38.1 Å². The molecule has 0 spiro atoms. The predicted octanol–water partition coefficient (Wildman–Crippen LogP) is 4.18. The molecule has 2 rings (SSSR count). The topological polar surface area (TPSA) is 34.4 Å². The maximum atomic E-state index is 5.72. The largest absolute Gasteiger partial charge is 0.491 e. The Bertz CT molecular complexity index is 520. The Morgan fingerprint density at radius 2 is 2.00 bits per heavy atom. The first kappa shape index (κ1) is 15.6. The van der Waals surface area contributed by atoms with Gasteiger partial charge in [-0.2, -0.15) is 0 Å². The van der Waals surface area contributed by atoms with E-state index in [1.54, 1.807) is 6.26 Å². The van der Waals surface area contributed by atoms with Crippen molar-refractivity contribution in [3.05, 3.63) is 54.0 Å². The lowest BCUT2D eigenvalue weighted by molar-refractivity contribution is 0.242. The van der Waals surface area contributed by atoms with Crippen LogP contribution in [-0.4, -0.2) is 12.1 Å². The summed E-state index contributed by atoms with van der Waals surface area (Å²) in [6, 6.07) is 12.7. The van der Waals surface area contributed by atoms with Crippen molar-refractivity contribution in [2.24, 2.45) is 0 Å². The van der Waals surface area contributed by atoms with Gasteiger partial charge in [0.1, 0.15) is 11.5 Å². The first-order valence-electron chi connectivity index (χ1n) is 7.65. The highest BCUT2D eigenvalue weighted by Crippen LogP contribution is 2.15. The highest BCUT2D eigenvalue weighted by atomic mass is 16.5. The van der Waals surface area contributed by atoms with Crippen LogP contribution in [0.3, 0.4) is 0 Å². The van der Waals surface area contributed by atoms with Gasteiger partial charge in [0.25, 0.3) is 0 Å². The molecule has 0 aliphatic carbocycles. The molecular formula is C18H25NO2. The Morgan fingerprint density at radius 3 is 2.71 bits per heavy atom. The average Bonchev–Trinajstić information content (AvgIpc) is 2.96. The quantitative estimate of drug-likeness (QED) is 0.791. The molecule has 2 aromatic rings. The normalized spacial score (nSPS) is 12.6. The molecule has 3 nitrogen and oxygen atoms in total. The maximum Gasteiger partial charge on any atom is 0.120 e. The highest BCUT2D eigenvalue weighted by molar-refractivity contribution is 5.28. The molecule has 1 atom stereocenters. The molecule has 0 saturated carbocycles. The number of furan rings is 1. The molecule has 1 aromatic heterocycles. The van der Waals surface area contributed by atoms with Gasteiger partial charge in [-0.15, -0.1) is 0 Å². The molecule has 1 N–H and O–H groups in total. The summed E-state index contributed by atoms with van der Waals surface area (Å²) in [6.45, 7) is 7.15. The van der Waals surface area contributed by atoms with Gasteiger partial charge >= 0.3 is 0 Å². The molecule has 1 heterocycles. The van der Waals surface area contributed by atoms with E-state index in [0.29, 0.717) is 6.04 Å². The number of hydrogen-bond acceptors (Lipinski definition) is 3. The van der Waals surface area contributed by atoms with Gasteiger partial charge in [0.05, 0.1) is 12.4 Å². The fourth-order valence-corrected chi connectivity index (χ4v) is 2.21. The molecule has 0 bridgehead atoms. The van der Waals surface area contributed by atoms with Crippen molar-refractivity contribution in [3.63, 3.8) is 0 Å². The summed E-state index contributed by atoms with van der Waals surface area (Å²) in [5, 5.41) is 3.54. The Hall–Kier alpha value is -1.74. The van der Waals surface area contributed by atoms with Crippen LogP contribution in [0.25, 0.3) is 0 Å². The van der Waals surface area contributed by atoms with Gasteiger partial charge in [-0.1, -0.05) is 12.1 Å². The summed E-state index contributed by atoms with van der Waals surface area (Å²) in [4.78, 5) is 0. The third-order valence-electron chi connectivity index (χ3n) is 3.33. The fraction of sp³-hybridized carbons (Fsp3) is 0.444. The van der Waals surface area contributed by atoms with Crippen LogP contribution in [0.2, 0.25) is 0 Å². The van der Waals surface area contributed by atoms with E-state index in [-0.39, 0.29) is 6.10 Å². The van der Waals surface area contributed by atoms with Crippen LogP contribution in [0.15, 0.2) is 47.1 Å². The van der Waals surface area contributed by atoms with Crippen LogP contribution in [0.4, 0.5) is 0 Å². The smallest absolute Gasteiger partial charge is 0.120 e. The average molecular weight is 287 g/mol. The second-order valence-corrected chi connectivity index (χ2v) is 5.71. The van der Waals surface area contributed by atoms with E-state index in [0.717, 1.165) is 30.9 Å². The predicted molar refractivity (Wildman–Crippen MR) is 85.5 cm³/mol. The molecule has 0 amide bonds. The third-order valence-corrected chi connectivity index (χ3v) is 3.33. The molecule has 0 aliphatic heterocycles. The first-order valence-corrected chi connectivity index (χ1v) is 7.65. The van der Waals surface area contributed by atoms with E-state index in [4.69, 9.17) is 9.15 Å². The van der Waals surface area contributed by atoms with Crippen molar-refractivity contribution in [1.29, 1.82) is 0 Å². The van der Waals surface area contributed by atoms with E-state index in [2.05, 4.69) is 24.4 Å². The molecule has 0 radical (unpaired) electrons. The number of ether oxygens (including phenoxy) is 1. The zero-order valence-electron chi connectivity index (χ0n) is 13.1. The number of hydrogen-bond donors (Lipinski definition) is 1. The molecule has 0 fully saturated rings. The molecule has 0 saturated heterocycles. The van der Waals surface area contributed by atoms with E-state index in [1.165, 1.54) is 5.56 Å². The number of benzene rings is 1. The second-order valence-electron chi connectivity index (χ2n) is 5.71. The number of aryl methyl sites for hydroxylation is 1. The lowest BCUT2D eigenvalue weighted by atomic mass is 10.1. The van der Waals surface area contributed by atoms with Crippen molar-refractivity contribution < 1.29 is 9.15 Å². The van der Waals surface area contributed by atoms with Crippen molar-refractivity contribution >= 4 is 0 Å². The van der Waals surface area contributed by atoms with Crippen LogP contribution in [0, 0.1) is 0 Å². The number of rotatable bonds is 8. The van der Waals surface area contributed by atoms with Gasteiger partial charge in [0.15, 0.2) is 0 Å². The van der Waals surface area contributed by atoms with E-state index < -0.39 is 0 Å². The SMILES string of the molecule is CC(CCc1ccco1)NCc1cccc(OC(C)C)c1. The van der Waals surface area contributed by atoms with Gasteiger partial charge in [-0.05, 0) is 57.0 Å². The van der Waals surface area contributed by atoms with Crippen LogP contribution in [0.1, 0.15) is 38.5 Å². The summed E-state index contributed by atoms with van der Waals surface area (Å²) >= 11 is 0. The summed E-state index contributed by atoms with van der Waals surface area (Å²) < 4.78 is 11.1. The van der Waals surface area contributed by atoms with Gasteiger partial charge in [-0.3, -0.25) is 0 Å². The van der Waals surface area contributed by atoms with Crippen molar-refractivity contribution in [3.8, 4) is 5.75 Å². The minimum Gasteiger partial charge on any atom is -0.491 e. The summed E-state index contributed by atoms with van der Waals surface area (Å²) in [5.41, 5.74) is 1.25. The summed E-state index contributed by atoms with van der Waals surface area (Å²) in [5.74, 6) is 1.99.